The lowest BCUT2D eigenvalue weighted by atomic mass is 10.6. The van der Waals surface area contributed by atoms with Crippen LogP contribution in [-0.2, 0) is 4.79 Å². The minimum absolute atomic E-state index is 0.167. The van der Waals surface area contributed by atoms with E-state index in [-0.39, 0.29) is 5.78 Å². The molecular weight excluding hydrogens is 76.1 g/mol. The Kier molecular flexibility index (Phi) is 13.3. The predicted octanol–water partition coefficient (Wildman–Crippen LogP) is 0.845. The molecule has 0 bridgehead atoms. The molecule has 0 aromatic carbocycles. The third-order valence-electron chi connectivity index (χ3n) is 0. The number of terminal acetylenes is 1. The van der Waals surface area contributed by atoms with E-state index < -0.39 is 0 Å². The summed E-state index contributed by atoms with van der Waals surface area (Å²) in [4.78, 5) is 9.44. The Labute approximate surface area is 38.4 Å². The van der Waals surface area contributed by atoms with E-state index in [1.807, 2.05) is 0 Å². The van der Waals surface area contributed by atoms with Crippen LogP contribution in [0.4, 0.5) is 0 Å². The third-order valence-corrected chi connectivity index (χ3v) is 0. The molecule has 0 aromatic heterocycles. The van der Waals surface area contributed by atoms with Crippen molar-refractivity contribution in [1.29, 1.82) is 0 Å². The average molecular weight is 84.1 g/mol. The number of Topliss-reactive ketones (excluding diaryl/α,β-unsaturated/α-hetero) is 1. The smallest absolute Gasteiger partial charge is 0.126 e. The Balaban J connectivity index is 0. The van der Waals surface area contributed by atoms with Gasteiger partial charge in [0.15, 0.2) is 0 Å². The lowest BCUT2D eigenvalue weighted by Crippen LogP contribution is -1.69. The highest BCUT2D eigenvalue weighted by molar-refractivity contribution is 5.72. The number of hydrogen-bond acceptors (Lipinski definition) is 1. The zero-order valence-electron chi connectivity index (χ0n) is 4.06. The maximum atomic E-state index is 9.44. The molecule has 0 fully saturated rings. The second-order valence-electron chi connectivity index (χ2n) is 0.908. The van der Waals surface area contributed by atoms with E-state index in [4.69, 9.17) is 0 Å². The number of hydrogen-bond donors (Lipinski definition) is 0. The van der Waals surface area contributed by atoms with Gasteiger partial charge in [0, 0.05) is 0 Å². The Morgan fingerprint density at radius 1 is 1.33 bits per heavy atom. The lowest BCUT2D eigenvalue weighted by Gasteiger charge is -1.56. The van der Waals surface area contributed by atoms with Crippen LogP contribution < -0.4 is 0 Å². The second-order valence-corrected chi connectivity index (χ2v) is 0.908. The Hall–Kier alpha value is -0.770. The first-order chi connectivity index (χ1) is 2.73. The molecule has 0 saturated heterocycles. The largest absolute Gasteiger partial charge is 0.300 e. The number of rotatable bonds is 0. The van der Waals surface area contributed by atoms with Crippen molar-refractivity contribution >= 4 is 5.78 Å². The van der Waals surface area contributed by atoms with Crippen molar-refractivity contribution in [3.8, 4) is 12.8 Å². The minimum atomic E-state index is 0.167. The van der Waals surface area contributed by atoms with Crippen LogP contribution in [0.1, 0.15) is 13.8 Å². The summed E-state index contributed by atoms with van der Waals surface area (Å²) in [5.74, 6) is 0.167. The van der Waals surface area contributed by atoms with E-state index in [9.17, 15) is 4.79 Å². The molecular formula is C5H8O. The van der Waals surface area contributed by atoms with Gasteiger partial charge in [0.2, 0.25) is 0 Å². The fourth-order valence-electron chi connectivity index (χ4n) is 0. The highest BCUT2D eigenvalue weighted by Gasteiger charge is 1.62. The molecule has 0 rings (SSSR count). The van der Waals surface area contributed by atoms with Crippen LogP contribution in [0.25, 0.3) is 0 Å². The maximum Gasteiger partial charge on any atom is 0.126 e. The van der Waals surface area contributed by atoms with Crippen LogP contribution in [0, 0.1) is 12.8 Å². The van der Waals surface area contributed by atoms with Crippen molar-refractivity contribution in [3.63, 3.8) is 0 Å². The van der Waals surface area contributed by atoms with E-state index in [0.29, 0.717) is 0 Å². The predicted molar refractivity (Wildman–Crippen MR) is 26.2 cm³/mol. The molecule has 0 aromatic rings. The Morgan fingerprint density at radius 2 is 1.33 bits per heavy atom. The molecule has 0 amide bonds. The molecule has 34 valence electrons. The van der Waals surface area contributed by atoms with Crippen LogP contribution in [0.3, 0.4) is 0 Å². The summed E-state index contributed by atoms with van der Waals surface area (Å²) < 4.78 is 0. The first-order valence-corrected chi connectivity index (χ1v) is 1.54. The number of ketones is 1. The zero-order chi connectivity index (χ0) is 5.58. The minimum Gasteiger partial charge on any atom is -0.300 e. The van der Waals surface area contributed by atoms with Crippen molar-refractivity contribution < 1.29 is 4.79 Å². The quantitative estimate of drug-likeness (QED) is 0.397. The molecule has 0 atom stereocenters. The summed E-state index contributed by atoms with van der Waals surface area (Å²) in [6.45, 7) is 3.06. The molecule has 0 radical (unpaired) electrons. The van der Waals surface area contributed by atoms with Gasteiger partial charge in [0.05, 0.1) is 0 Å². The molecule has 0 N–H and O–H groups in total. The van der Waals surface area contributed by atoms with Gasteiger partial charge in [-0.15, -0.1) is 12.8 Å². The van der Waals surface area contributed by atoms with E-state index in [0.717, 1.165) is 0 Å². The summed E-state index contributed by atoms with van der Waals surface area (Å²) in [6.07, 6.45) is 8.00. The van der Waals surface area contributed by atoms with Crippen molar-refractivity contribution in [1.82, 2.24) is 0 Å². The Morgan fingerprint density at radius 3 is 1.33 bits per heavy atom. The summed E-state index contributed by atoms with van der Waals surface area (Å²) in [5, 5.41) is 0. The van der Waals surface area contributed by atoms with Crippen LogP contribution >= 0.6 is 0 Å². The van der Waals surface area contributed by atoms with E-state index in [2.05, 4.69) is 12.8 Å². The van der Waals surface area contributed by atoms with Gasteiger partial charge in [-0.1, -0.05) is 0 Å². The molecule has 6 heavy (non-hydrogen) atoms. The standard InChI is InChI=1S/C3H6O.C2H2/c1-3(2)4;1-2/h1-2H3;1-2H. The first kappa shape index (κ1) is 8.97. The number of carbonyl (C=O) groups excluding carboxylic acids is 1. The summed E-state index contributed by atoms with van der Waals surface area (Å²) in [5.41, 5.74) is 0. The normalized spacial score (nSPS) is 4.67. The van der Waals surface area contributed by atoms with E-state index in [1.54, 1.807) is 0 Å². The zero-order valence-corrected chi connectivity index (χ0v) is 4.06. The van der Waals surface area contributed by atoms with Crippen LogP contribution in [0.2, 0.25) is 0 Å². The average Bonchev–Trinajstić information content (AvgIpc) is 1.41. The van der Waals surface area contributed by atoms with E-state index in [1.165, 1.54) is 13.8 Å². The monoisotopic (exact) mass is 84.1 g/mol. The van der Waals surface area contributed by atoms with Gasteiger partial charge in [0.25, 0.3) is 0 Å². The van der Waals surface area contributed by atoms with Crippen LogP contribution in [-0.4, -0.2) is 5.78 Å². The highest BCUT2D eigenvalue weighted by Crippen LogP contribution is 1.50. The summed E-state index contributed by atoms with van der Waals surface area (Å²) in [6, 6.07) is 0. The third kappa shape index (κ3) is 27.1. The summed E-state index contributed by atoms with van der Waals surface area (Å²) in [7, 11) is 0. The van der Waals surface area contributed by atoms with Gasteiger partial charge in [-0.2, -0.15) is 0 Å². The van der Waals surface area contributed by atoms with Gasteiger partial charge >= 0.3 is 0 Å². The molecule has 0 aliphatic heterocycles. The molecule has 0 aliphatic carbocycles. The fourth-order valence-corrected chi connectivity index (χ4v) is 0. The Bertz CT molecular complexity index is 48.2. The van der Waals surface area contributed by atoms with Crippen molar-refractivity contribution in [2.45, 2.75) is 13.8 Å². The van der Waals surface area contributed by atoms with Crippen LogP contribution in [0.15, 0.2) is 0 Å². The van der Waals surface area contributed by atoms with Gasteiger partial charge < -0.3 is 4.79 Å². The molecule has 0 heterocycles. The van der Waals surface area contributed by atoms with Gasteiger partial charge in [0.1, 0.15) is 5.78 Å². The molecule has 1 heteroatoms. The van der Waals surface area contributed by atoms with Gasteiger partial charge in [-0.25, -0.2) is 0 Å². The molecule has 0 aliphatic rings. The van der Waals surface area contributed by atoms with Crippen molar-refractivity contribution in [2.24, 2.45) is 0 Å². The van der Waals surface area contributed by atoms with Crippen molar-refractivity contribution in [2.75, 3.05) is 0 Å². The fraction of sp³-hybridized carbons (Fsp3) is 0.400. The lowest BCUT2D eigenvalue weighted by molar-refractivity contribution is -0.114. The number of carbonyl (C=O) groups is 1. The molecule has 1 nitrogen and oxygen atoms in total. The summed E-state index contributed by atoms with van der Waals surface area (Å²) >= 11 is 0. The van der Waals surface area contributed by atoms with Crippen molar-refractivity contribution in [3.05, 3.63) is 0 Å². The highest BCUT2D eigenvalue weighted by atomic mass is 16.1. The van der Waals surface area contributed by atoms with Gasteiger partial charge in [-0.05, 0) is 13.8 Å². The molecule has 0 unspecified atom stereocenters. The van der Waals surface area contributed by atoms with E-state index >= 15 is 0 Å². The second kappa shape index (κ2) is 8.87. The molecule has 0 saturated carbocycles. The van der Waals surface area contributed by atoms with Crippen LogP contribution in [0.5, 0.6) is 0 Å². The van der Waals surface area contributed by atoms with Gasteiger partial charge in [-0.3, -0.25) is 0 Å². The molecule has 0 spiro atoms. The first-order valence-electron chi connectivity index (χ1n) is 1.54. The maximum absolute atomic E-state index is 9.44. The topological polar surface area (TPSA) is 17.1 Å². The SMILES string of the molecule is C#C.CC(C)=O.